The summed E-state index contributed by atoms with van der Waals surface area (Å²) in [7, 11) is 0. The third kappa shape index (κ3) is 3.09. The molecule has 0 unspecified atom stereocenters. The fourth-order valence-electron chi connectivity index (χ4n) is 7.04. The number of carbonyl (C=O) groups is 1. The van der Waals surface area contributed by atoms with Crippen LogP contribution in [-0.2, 0) is 4.79 Å². The molecule has 3 heteroatoms. The molecule has 1 amide bonds. The predicted octanol–water partition coefficient (Wildman–Crippen LogP) is 4.87. The van der Waals surface area contributed by atoms with Crippen molar-refractivity contribution < 1.29 is 9.90 Å². The zero-order valence-corrected chi connectivity index (χ0v) is 17.7. The minimum atomic E-state index is -0.158. The number of nitrogens with one attached hydrogen (secondary N) is 1. The molecule has 154 valence electrons. The number of benzene rings is 1. The number of allylic oxidation sites excluding steroid dienone is 1. The van der Waals surface area contributed by atoms with E-state index in [-0.39, 0.29) is 23.0 Å². The Morgan fingerprint density at radius 1 is 1.07 bits per heavy atom. The molecular formula is C26H33NO2. The van der Waals surface area contributed by atoms with E-state index >= 15 is 0 Å². The average Bonchev–Trinajstić information content (AvgIpc) is 2.70. The number of hydrogen-bond acceptors (Lipinski definition) is 2. The standard InChI is InChI=1S/C26H33NO2/c1-25-12-10-20(28)16-19(25)8-9-21-22(25)11-13-26(2)23(21)15-18(24(29)27-26)14-17-6-4-3-5-7-17/h3-8,14,20-23,28H,9-13,15-16H2,1-2H3,(H,27,29)/b18-14-/t20-,21+,22-,23-,25-,26-/m0/s1. The minimum absolute atomic E-state index is 0.0951. The highest BCUT2D eigenvalue weighted by molar-refractivity contribution is 5.99. The molecule has 1 aromatic carbocycles. The van der Waals surface area contributed by atoms with Gasteiger partial charge in [0.25, 0.3) is 0 Å². The molecule has 3 aliphatic carbocycles. The molecule has 0 bridgehead atoms. The van der Waals surface area contributed by atoms with Gasteiger partial charge in [0.2, 0.25) is 5.91 Å². The van der Waals surface area contributed by atoms with Gasteiger partial charge in [0.05, 0.1) is 6.10 Å². The molecule has 0 spiro atoms. The lowest BCUT2D eigenvalue weighted by Gasteiger charge is -2.59. The molecule has 0 radical (unpaired) electrons. The topological polar surface area (TPSA) is 49.3 Å². The van der Waals surface area contributed by atoms with Gasteiger partial charge in [-0.25, -0.2) is 0 Å². The Labute approximate surface area is 174 Å². The van der Waals surface area contributed by atoms with Crippen LogP contribution in [0.25, 0.3) is 6.08 Å². The van der Waals surface area contributed by atoms with E-state index < -0.39 is 0 Å². The van der Waals surface area contributed by atoms with Gasteiger partial charge >= 0.3 is 0 Å². The molecule has 1 aliphatic heterocycles. The molecular weight excluding hydrogens is 358 g/mol. The highest BCUT2D eigenvalue weighted by atomic mass is 16.3. The van der Waals surface area contributed by atoms with Crippen molar-refractivity contribution in [3.05, 3.63) is 53.1 Å². The van der Waals surface area contributed by atoms with Crippen molar-refractivity contribution in [1.29, 1.82) is 0 Å². The van der Waals surface area contributed by atoms with E-state index in [1.54, 1.807) is 0 Å². The molecule has 29 heavy (non-hydrogen) atoms. The summed E-state index contributed by atoms with van der Waals surface area (Å²) in [5.41, 5.74) is 3.67. The van der Waals surface area contributed by atoms with Crippen molar-refractivity contribution in [3.63, 3.8) is 0 Å². The van der Waals surface area contributed by atoms with Crippen LogP contribution in [0.4, 0.5) is 0 Å². The SMILES string of the molecule is C[C@]12CC[C@H](O)CC1=CC[C@@H]1[C@@H]2CC[C@]2(C)NC(=O)/C(=C\c3ccccc3)C[C@@H]12. The van der Waals surface area contributed by atoms with Crippen molar-refractivity contribution in [1.82, 2.24) is 5.32 Å². The number of aliphatic hydroxyl groups is 1. The normalized spacial score (nSPS) is 42.9. The van der Waals surface area contributed by atoms with E-state index in [1.165, 1.54) is 12.0 Å². The number of aliphatic hydroxyl groups excluding tert-OH is 1. The van der Waals surface area contributed by atoms with Crippen LogP contribution in [0.3, 0.4) is 0 Å². The highest BCUT2D eigenvalue weighted by Crippen LogP contribution is 2.60. The Hall–Kier alpha value is -1.87. The van der Waals surface area contributed by atoms with E-state index in [4.69, 9.17) is 0 Å². The summed E-state index contributed by atoms with van der Waals surface area (Å²) in [6, 6.07) is 10.2. The fourth-order valence-corrected chi connectivity index (χ4v) is 7.04. The van der Waals surface area contributed by atoms with Crippen molar-refractivity contribution >= 4 is 12.0 Å². The van der Waals surface area contributed by atoms with Crippen molar-refractivity contribution in [2.75, 3.05) is 0 Å². The summed E-state index contributed by atoms with van der Waals surface area (Å²) in [5.74, 6) is 1.87. The number of piperidine rings is 1. The van der Waals surface area contributed by atoms with E-state index in [1.807, 2.05) is 18.2 Å². The monoisotopic (exact) mass is 391 g/mol. The van der Waals surface area contributed by atoms with E-state index in [2.05, 4.69) is 43.4 Å². The van der Waals surface area contributed by atoms with Gasteiger partial charge in [-0.2, -0.15) is 0 Å². The van der Waals surface area contributed by atoms with Gasteiger partial charge in [-0.1, -0.05) is 48.9 Å². The van der Waals surface area contributed by atoms with Crippen LogP contribution in [-0.4, -0.2) is 22.7 Å². The van der Waals surface area contributed by atoms with Gasteiger partial charge in [0.1, 0.15) is 0 Å². The lowest BCUT2D eigenvalue weighted by molar-refractivity contribution is -0.125. The largest absolute Gasteiger partial charge is 0.393 e. The van der Waals surface area contributed by atoms with Crippen molar-refractivity contribution in [3.8, 4) is 0 Å². The molecule has 3 fully saturated rings. The van der Waals surface area contributed by atoms with Crippen LogP contribution in [0.15, 0.2) is 47.6 Å². The van der Waals surface area contributed by atoms with Crippen LogP contribution in [0.1, 0.15) is 64.4 Å². The zero-order valence-electron chi connectivity index (χ0n) is 17.7. The predicted molar refractivity (Wildman–Crippen MR) is 116 cm³/mol. The third-order valence-electron chi connectivity index (χ3n) is 8.74. The molecule has 3 nitrogen and oxygen atoms in total. The quantitative estimate of drug-likeness (QED) is 0.530. The Morgan fingerprint density at radius 2 is 1.86 bits per heavy atom. The Bertz CT molecular complexity index is 872. The second kappa shape index (κ2) is 6.84. The van der Waals surface area contributed by atoms with Gasteiger partial charge in [-0.3, -0.25) is 4.79 Å². The second-order valence-electron chi connectivity index (χ2n) is 10.4. The summed E-state index contributed by atoms with van der Waals surface area (Å²) in [4.78, 5) is 12.9. The van der Waals surface area contributed by atoms with Gasteiger partial charge in [-0.05, 0) is 86.7 Å². The number of hydrogen-bond donors (Lipinski definition) is 2. The van der Waals surface area contributed by atoms with Crippen molar-refractivity contribution in [2.24, 2.45) is 23.2 Å². The first-order chi connectivity index (χ1) is 13.9. The molecule has 4 aliphatic rings. The van der Waals surface area contributed by atoms with Gasteiger partial charge in [0, 0.05) is 11.1 Å². The molecule has 2 saturated carbocycles. The van der Waals surface area contributed by atoms with E-state index in [0.717, 1.165) is 49.7 Å². The maximum atomic E-state index is 12.9. The summed E-state index contributed by atoms with van der Waals surface area (Å²) >= 11 is 0. The summed E-state index contributed by atoms with van der Waals surface area (Å²) in [6.07, 6.45) is 11.5. The van der Waals surface area contributed by atoms with Crippen LogP contribution >= 0.6 is 0 Å². The second-order valence-corrected chi connectivity index (χ2v) is 10.4. The fraction of sp³-hybridized carbons (Fsp3) is 0.577. The molecule has 0 aromatic heterocycles. The van der Waals surface area contributed by atoms with Crippen molar-refractivity contribution in [2.45, 2.75) is 70.4 Å². The summed E-state index contributed by atoms with van der Waals surface area (Å²) in [6.45, 7) is 4.73. The number of rotatable bonds is 1. The molecule has 1 heterocycles. The lowest BCUT2D eigenvalue weighted by atomic mass is 9.48. The molecule has 5 rings (SSSR count). The van der Waals surface area contributed by atoms with Crippen LogP contribution in [0, 0.1) is 23.2 Å². The van der Waals surface area contributed by atoms with Gasteiger partial charge < -0.3 is 10.4 Å². The molecule has 6 atom stereocenters. The Balaban J connectivity index is 1.47. The zero-order chi connectivity index (χ0) is 20.2. The average molecular weight is 392 g/mol. The Kier molecular flexibility index (Phi) is 4.51. The maximum absolute atomic E-state index is 12.9. The first-order valence-electron chi connectivity index (χ1n) is 11.3. The van der Waals surface area contributed by atoms with Gasteiger partial charge in [-0.15, -0.1) is 0 Å². The number of carbonyl (C=O) groups excluding carboxylic acids is 1. The smallest absolute Gasteiger partial charge is 0.247 e. The summed E-state index contributed by atoms with van der Waals surface area (Å²) in [5, 5.41) is 13.6. The highest BCUT2D eigenvalue weighted by Gasteiger charge is 2.56. The molecule has 1 aromatic rings. The summed E-state index contributed by atoms with van der Waals surface area (Å²) < 4.78 is 0. The van der Waals surface area contributed by atoms with E-state index in [9.17, 15) is 9.90 Å². The van der Waals surface area contributed by atoms with Crippen LogP contribution in [0.5, 0.6) is 0 Å². The molecule has 2 N–H and O–H groups in total. The maximum Gasteiger partial charge on any atom is 0.247 e. The molecule has 1 saturated heterocycles. The Morgan fingerprint density at radius 3 is 2.66 bits per heavy atom. The number of amides is 1. The third-order valence-corrected chi connectivity index (χ3v) is 8.74. The first-order valence-corrected chi connectivity index (χ1v) is 11.3. The van der Waals surface area contributed by atoms with Gasteiger partial charge in [0.15, 0.2) is 0 Å². The number of fused-ring (bicyclic) bond motifs is 5. The van der Waals surface area contributed by atoms with Crippen LogP contribution < -0.4 is 5.32 Å². The van der Waals surface area contributed by atoms with Crippen LogP contribution in [0.2, 0.25) is 0 Å². The van der Waals surface area contributed by atoms with E-state index in [0.29, 0.717) is 17.8 Å². The first kappa shape index (κ1) is 19.1. The minimum Gasteiger partial charge on any atom is -0.393 e. The lowest BCUT2D eigenvalue weighted by Crippen LogP contribution is -2.63.